The molecule has 0 bridgehead atoms. The summed E-state index contributed by atoms with van der Waals surface area (Å²) in [6, 6.07) is 6.94. The average molecular weight is 445 g/mol. The van der Waals surface area contributed by atoms with E-state index in [-0.39, 0.29) is 29.6 Å². The van der Waals surface area contributed by atoms with Crippen LogP contribution in [0.5, 0.6) is 0 Å². The second-order valence-corrected chi connectivity index (χ2v) is 8.08. The quantitative estimate of drug-likeness (QED) is 0.399. The number of nitrogens with zero attached hydrogens (tertiary/aromatic N) is 5. The molecule has 0 unspecified atom stereocenters. The van der Waals surface area contributed by atoms with Crippen molar-refractivity contribution >= 4 is 22.8 Å². The van der Waals surface area contributed by atoms with Crippen LogP contribution in [0.3, 0.4) is 0 Å². The van der Waals surface area contributed by atoms with E-state index in [2.05, 4.69) is 25.3 Å². The van der Waals surface area contributed by atoms with Crippen molar-refractivity contribution in [3.63, 3.8) is 0 Å². The van der Waals surface area contributed by atoms with Gasteiger partial charge in [0.05, 0.1) is 6.54 Å². The summed E-state index contributed by atoms with van der Waals surface area (Å²) in [5.74, 6) is 0.906. The van der Waals surface area contributed by atoms with Crippen molar-refractivity contribution in [3.05, 3.63) is 69.3 Å². The Morgan fingerprint density at radius 2 is 2.06 bits per heavy atom. The number of nitrogens with one attached hydrogen (secondary N) is 2. The van der Waals surface area contributed by atoms with Crippen LogP contribution in [0.2, 0.25) is 0 Å². The van der Waals surface area contributed by atoms with E-state index in [0.29, 0.717) is 40.5 Å². The standard InChI is InChI=1S/C23H23N7O3/c1-2-10-29-21-19(22(32)30(23(29)33)16-6-7-16)27-20(28-21)15-5-8-18(25-12-15)26-13-17(31)14-4-3-9-24-11-14/h3-5,8-9,11-12,16H,2,6-7,10,13H2,1H3,(H,25,26)(H,27,28). The number of aromatic nitrogens is 6. The number of Topliss-reactive ketones (excluding diaryl/α,β-unsaturated/α-hetero) is 1. The zero-order valence-electron chi connectivity index (χ0n) is 18.1. The molecule has 168 valence electrons. The molecule has 0 aromatic carbocycles. The molecule has 1 fully saturated rings. The van der Waals surface area contributed by atoms with E-state index >= 15 is 0 Å². The van der Waals surface area contributed by atoms with Crippen molar-refractivity contribution in [2.75, 3.05) is 11.9 Å². The molecule has 1 aliphatic carbocycles. The molecule has 0 amide bonds. The highest BCUT2D eigenvalue weighted by molar-refractivity contribution is 5.98. The summed E-state index contributed by atoms with van der Waals surface area (Å²) >= 11 is 0. The number of hydrogen-bond acceptors (Lipinski definition) is 7. The third kappa shape index (κ3) is 3.95. The molecule has 0 atom stereocenters. The number of ketones is 1. The van der Waals surface area contributed by atoms with Gasteiger partial charge < -0.3 is 10.3 Å². The lowest BCUT2D eigenvalue weighted by Crippen LogP contribution is -2.39. The largest absolute Gasteiger partial charge is 0.363 e. The van der Waals surface area contributed by atoms with Gasteiger partial charge in [-0.3, -0.25) is 23.7 Å². The Morgan fingerprint density at radius 1 is 1.21 bits per heavy atom. The topological polar surface area (TPSA) is 128 Å². The molecule has 5 rings (SSSR count). The van der Waals surface area contributed by atoms with E-state index in [9.17, 15) is 14.4 Å². The maximum atomic E-state index is 13.0. The van der Waals surface area contributed by atoms with E-state index < -0.39 is 0 Å². The molecule has 1 saturated carbocycles. The van der Waals surface area contributed by atoms with E-state index in [4.69, 9.17) is 0 Å². The molecule has 4 aromatic rings. The molecule has 0 radical (unpaired) electrons. The maximum absolute atomic E-state index is 13.0. The number of anilines is 1. The second kappa shape index (κ2) is 8.45. The van der Waals surface area contributed by atoms with Crippen molar-refractivity contribution in [2.45, 2.75) is 38.8 Å². The van der Waals surface area contributed by atoms with E-state index in [0.717, 1.165) is 19.3 Å². The van der Waals surface area contributed by atoms with Gasteiger partial charge in [-0.05, 0) is 43.5 Å². The van der Waals surface area contributed by atoms with Gasteiger partial charge in [-0.15, -0.1) is 0 Å². The minimum Gasteiger partial charge on any atom is -0.363 e. The molecule has 10 nitrogen and oxygen atoms in total. The summed E-state index contributed by atoms with van der Waals surface area (Å²) in [7, 11) is 0. The number of carbonyl (C=O) groups is 1. The number of carbonyl (C=O) groups excluding carboxylic acids is 1. The van der Waals surface area contributed by atoms with Gasteiger partial charge in [-0.1, -0.05) is 6.92 Å². The van der Waals surface area contributed by atoms with Crippen LogP contribution in [-0.2, 0) is 6.54 Å². The van der Waals surface area contributed by atoms with Crippen molar-refractivity contribution in [3.8, 4) is 11.4 Å². The molecule has 0 aliphatic heterocycles. The number of H-pyrrole nitrogens is 1. The minimum absolute atomic E-state index is 0.0225. The van der Waals surface area contributed by atoms with Gasteiger partial charge in [0.2, 0.25) is 0 Å². The predicted octanol–water partition coefficient (Wildman–Crippen LogP) is 2.38. The Bertz CT molecular complexity index is 1430. The van der Waals surface area contributed by atoms with Gasteiger partial charge >= 0.3 is 5.69 Å². The van der Waals surface area contributed by atoms with Crippen molar-refractivity contribution in [1.29, 1.82) is 0 Å². The summed E-state index contributed by atoms with van der Waals surface area (Å²) < 4.78 is 2.92. The van der Waals surface area contributed by atoms with E-state index in [1.165, 1.54) is 10.8 Å². The van der Waals surface area contributed by atoms with Crippen LogP contribution in [0.4, 0.5) is 5.82 Å². The third-order valence-electron chi connectivity index (χ3n) is 5.62. The number of imidazole rings is 1. The lowest BCUT2D eigenvalue weighted by molar-refractivity contribution is 0.101. The molecule has 4 heterocycles. The highest BCUT2D eigenvalue weighted by Crippen LogP contribution is 2.32. The number of hydrogen-bond donors (Lipinski definition) is 2. The van der Waals surface area contributed by atoms with E-state index in [1.54, 1.807) is 41.2 Å². The zero-order valence-corrected chi connectivity index (χ0v) is 18.1. The van der Waals surface area contributed by atoms with Crippen LogP contribution in [0, 0.1) is 0 Å². The number of rotatable bonds is 8. The average Bonchev–Trinajstić information content (AvgIpc) is 3.57. The summed E-state index contributed by atoms with van der Waals surface area (Å²) in [6.45, 7) is 2.55. The van der Waals surface area contributed by atoms with Gasteiger partial charge in [-0.2, -0.15) is 0 Å². The maximum Gasteiger partial charge on any atom is 0.333 e. The monoisotopic (exact) mass is 445 g/mol. The molecule has 4 aromatic heterocycles. The van der Waals surface area contributed by atoms with E-state index in [1.807, 2.05) is 6.92 Å². The number of aryl methyl sites for hydroxylation is 1. The molecular formula is C23H23N7O3. The highest BCUT2D eigenvalue weighted by Gasteiger charge is 2.29. The Balaban J connectivity index is 1.42. The Kier molecular flexibility index (Phi) is 5.33. The fourth-order valence-corrected chi connectivity index (χ4v) is 3.79. The Hall–Kier alpha value is -4.08. The van der Waals surface area contributed by atoms with Crippen LogP contribution in [0.25, 0.3) is 22.6 Å². The Labute approximate surface area is 188 Å². The van der Waals surface area contributed by atoms with Gasteiger partial charge in [0.15, 0.2) is 11.4 Å². The van der Waals surface area contributed by atoms with Gasteiger partial charge in [0.1, 0.15) is 17.2 Å². The molecular weight excluding hydrogens is 422 g/mol. The second-order valence-electron chi connectivity index (χ2n) is 8.08. The first-order valence-corrected chi connectivity index (χ1v) is 11.0. The van der Waals surface area contributed by atoms with Crippen LogP contribution < -0.4 is 16.6 Å². The number of pyridine rings is 2. The third-order valence-corrected chi connectivity index (χ3v) is 5.62. The summed E-state index contributed by atoms with van der Waals surface area (Å²) in [5.41, 5.74) is 1.26. The van der Waals surface area contributed by atoms with Crippen LogP contribution >= 0.6 is 0 Å². The van der Waals surface area contributed by atoms with Gasteiger partial charge in [0.25, 0.3) is 5.56 Å². The van der Waals surface area contributed by atoms with Crippen LogP contribution in [-0.4, -0.2) is 41.4 Å². The first-order chi connectivity index (χ1) is 16.1. The lowest BCUT2D eigenvalue weighted by atomic mass is 10.2. The van der Waals surface area contributed by atoms with Crippen molar-refractivity contribution in [2.24, 2.45) is 0 Å². The molecule has 33 heavy (non-hydrogen) atoms. The fourth-order valence-electron chi connectivity index (χ4n) is 3.79. The summed E-state index contributed by atoms with van der Waals surface area (Å²) in [6.07, 6.45) is 7.18. The Morgan fingerprint density at radius 3 is 2.73 bits per heavy atom. The molecule has 0 spiro atoms. The number of aromatic amines is 1. The van der Waals surface area contributed by atoms with Gasteiger partial charge in [-0.25, -0.2) is 14.8 Å². The fraction of sp³-hybridized carbons (Fsp3) is 0.304. The SMILES string of the molecule is CCCn1c(=O)n(C2CC2)c(=O)c2[nH]c(-c3ccc(NCC(=O)c4cccnc4)nc3)nc21. The predicted molar refractivity (Wildman–Crippen MR) is 123 cm³/mol. The molecule has 0 saturated heterocycles. The minimum atomic E-state index is -0.330. The van der Waals surface area contributed by atoms with Crippen molar-refractivity contribution < 1.29 is 4.79 Å². The first kappa shape index (κ1) is 20.8. The van der Waals surface area contributed by atoms with Gasteiger partial charge in [0, 0.05) is 42.3 Å². The molecule has 2 N–H and O–H groups in total. The highest BCUT2D eigenvalue weighted by atomic mass is 16.2. The first-order valence-electron chi connectivity index (χ1n) is 11.0. The number of fused-ring (bicyclic) bond motifs is 1. The smallest absolute Gasteiger partial charge is 0.333 e. The molecule has 1 aliphatic rings. The normalized spacial score (nSPS) is 13.4. The molecule has 10 heteroatoms. The summed E-state index contributed by atoms with van der Waals surface area (Å²) in [4.78, 5) is 54.1. The lowest BCUT2D eigenvalue weighted by Gasteiger charge is -2.09. The van der Waals surface area contributed by atoms with Crippen LogP contribution in [0.15, 0.2) is 52.4 Å². The zero-order chi connectivity index (χ0) is 22.9. The van der Waals surface area contributed by atoms with Crippen molar-refractivity contribution in [1.82, 2.24) is 29.1 Å². The summed E-state index contributed by atoms with van der Waals surface area (Å²) in [5, 5.41) is 3.00. The van der Waals surface area contributed by atoms with Crippen LogP contribution in [0.1, 0.15) is 42.6 Å².